The van der Waals surface area contributed by atoms with Crippen molar-refractivity contribution in [2.24, 2.45) is 5.73 Å². The molecule has 0 saturated heterocycles. The summed E-state index contributed by atoms with van der Waals surface area (Å²) in [6.45, 7) is 2.03. The van der Waals surface area contributed by atoms with Crippen LogP contribution in [-0.2, 0) is 10.3 Å². The van der Waals surface area contributed by atoms with Crippen LogP contribution in [0.25, 0.3) is 0 Å². The predicted octanol–water partition coefficient (Wildman–Crippen LogP) is 3.35. The number of amides is 1. The number of para-hydroxylation sites is 2. The van der Waals surface area contributed by atoms with Crippen molar-refractivity contribution >= 4 is 17.3 Å². The normalized spacial score (nSPS) is 13.2. The molecule has 0 aliphatic carbocycles. The van der Waals surface area contributed by atoms with Gasteiger partial charge in [0.2, 0.25) is 5.91 Å². The molecule has 0 spiro atoms. The first kappa shape index (κ1) is 17.0. The van der Waals surface area contributed by atoms with Gasteiger partial charge in [0.05, 0.1) is 11.4 Å². The molecule has 0 bridgehead atoms. The molecule has 0 aliphatic heterocycles. The number of benzene rings is 2. The minimum Gasteiger partial charge on any atom is -0.376 e. The number of nitrogens with zero attached hydrogens (tertiary/aromatic N) is 1. The van der Waals surface area contributed by atoms with Crippen molar-refractivity contribution in [3.63, 3.8) is 0 Å². The molecule has 4 heteroatoms. The Morgan fingerprint density at radius 1 is 1.09 bits per heavy atom. The molecular weight excluding hydrogens is 286 g/mol. The summed E-state index contributed by atoms with van der Waals surface area (Å²) in [7, 11) is 3.90. The average molecular weight is 311 g/mol. The summed E-state index contributed by atoms with van der Waals surface area (Å²) in [5, 5.41) is 3.01. The molecule has 2 aromatic carbocycles. The van der Waals surface area contributed by atoms with E-state index in [2.05, 4.69) is 5.32 Å². The van der Waals surface area contributed by atoms with E-state index in [1.54, 1.807) is 0 Å². The molecule has 1 amide bonds. The quantitative estimate of drug-likeness (QED) is 0.860. The maximum absolute atomic E-state index is 12.9. The van der Waals surface area contributed by atoms with Gasteiger partial charge < -0.3 is 16.0 Å². The summed E-state index contributed by atoms with van der Waals surface area (Å²) < 4.78 is 0. The van der Waals surface area contributed by atoms with Gasteiger partial charge in [0, 0.05) is 14.1 Å². The van der Waals surface area contributed by atoms with Crippen molar-refractivity contribution in [3.05, 3.63) is 60.2 Å². The molecule has 0 fully saturated rings. The van der Waals surface area contributed by atoms with Crippen LogP contribution in [0.3, 0.4) is 0 Å². The van der Waals surface area contributed by atoms with Crippen LogP contribution in [0, 0.1) is 0 Å². The maximum atomic E-state index is 12.9. The molecular formula is C19H25N3O. The first-order chi connectivity index (χ1) is 11.0. The average Bonchev–Trinajstić information content (AvgIpc) is 2.56. The van der Waals surface area contributed by atoms with Crippen LogP contribution in [0.4, 0.5) is 11.4 Å². The molecule has 23 heavy (non-hydrogen) atoms. The van der Waals surface area contributed by atoms with E-state index >= 15 is 0 Å². The minimum atomic E-state index is -1.03. The Morgan fingerprint density at radius 3 is 2.30 bits per heavy atom. The summed E-state index contributed by atoms with van der Waals surface area (Å²) in [4.78, 5) is 14.9. The SMILES string of the molecule is CCCC(N)(C(=O)Nc1ccccc1N(C)C)c1ccccc1. The fraction of sp³-hybridized carbons (Fsp3) is 0.316. The zero-order valence-electron chi connectivity index (χ0n) is 14.0. The Bertz CT molecular complexity index is 655. The van der Waals surface area contributed by atoms with Crippen molar-refractivity contribution in [3.8, 4) is 0 Å². The van der Waals surface area contributed by atoms with Crippen LogP contribution < -0.4 is 16.0 Å². The molecule has 0 saturated carbocycles. The van der Waals surface area contributed by atoms with Crippen molar-refractivity contribution in [2.45, 2.75) is 25.3 Å². The molecule has 1 unspecified atom stereocenters. The lowest BCUT2D eigenvalue weighted by Gasteiger charge is -2.29. The van der Waals surface area contributed by atoms with Crippen LogP contribution in [0.5, 0.6) is 0 Å². The Hall–Kier alpha value is -2.33. The summed E-state index contributed by atoms with van der Waals surface area (Å²) in [6.07, 6.45) is 1.42. The third kappa shape index (κ3) is 3.71. The Balaban J connectivity index is 2.33. The molecule has 2 rings (SSSR count). The van der Waals surface area contributed by atoms with Gasteiger partial charge in [0.15, 0.2) is 0 Å². The zero-order chi connectivity index (χ0) is 16.9. The highest BCUT2D eigenvalue weighted by Crippen LogP contribution is 2.29. The van der Waals surface area contributed by atoms with E-state index in [1.165, 1.54) is 0 Å². The number of nitrogens with one attached hydrogen (secondary N) is 1. The number of carbonyl (C=O) groups excluding carboxylic acids is 1. The summed E-state index contributed by atoms with van der Waals surface area (Å²) in [6, 6.07) is 17.3. The molecule has 4 nitrogen and oxygen atoms in total. The zero-order valence-corrected chi connectivity index (χ0v) is 14.0. The molecule has 3 N–H and O–H groups in total. The predicted molar refractivity (Wildman–Crippen MR) is 96.6 cm³/mol. The lowest BCUT2D eigenvalue weighted by molar-refractivity contribution is -0.121. The van der Waals surface area contributed by atoms with E-state index < -0.39 is 5.54 Å². The van der Waals surface area contributed by atoms with Gasteiger partial charge in [-0.2, -0.15) is 0 Å². The minimum absolute atomic E-state index is 0.181. The van der Waals surface area contributed by atoms with Crippen molar-refractivity contribution in [2.75, 3.05) is 24.3 Å². The van der Waals surface area contributed by atoms with E-state index in [0.717, 1.165) is 23.4 Å². The molecule has 0 heterocycles. The number of hydrogen-bond acceptors (Lipinski definition) is 3. The third-order valence-corrected chi connectivity index (χ3v) is 3.97. The fourth-order valence-corrected chi connectivity index (χ4v) is 2.72. The fourth-order valence-electron chi connectivity index (χ4n) is 2.72. The van der Waals surface area contributed by atoms with Gasteiger partial charge >= 0.3 is 0 Å². The largest absolute Gasteiger partial charge is 0.376 e. The maximum Gasteiger partial charge on any atom is 0.249 e. The Kier molecular flexibility index (Phi) is 5.40. The van der Waals surface area contributed by atoms with Gasteiger partial charge in [-0.05, 0) is 24.1 Å². The summed E-state index contributed by atoms with van der Waals surface area (Å²) in [5.41, 5.74) is 8.04. The Labute approximate surface area is 138 Å². The van der Waals surface area contributed by atoms with Crippen LogP contribution in [0.2, 0.25) is 0 Å². The number of hydrogen-bond donors (Lipinski definition) is 2. The van der Waals surface area contributed by atoms with Crippen LogP contribution in [-0.4, -0.2) is 20.0 Å². The van der Waals surface area contributed by atoms with E-state index in [1.807, 2.05) is 80.5 Å². The van der Waals surface area contributed by atoms with Gasteiger partial charge in [-0.25, -0.2) is 0 Å². The monoisotopic (exact) mass is 311 g/mol. The second-order valence-corrected chi connectivity index (χ2v) is 5.95. The Morgan fingerprint density at radius 2 is 1.70 bits per heavy atom. The molecule has 1 atom stereocenters. The van der Waals surface area contributed by atoms with Crippen molar-refractivity contribution < 1.29 is 4.79 Å². The van der Waals surface area contributed by atoms with Crippen molar-refractivity contribution in [1.29, 1.82) is 0 Å². The smallest absolute Gasteiger partial charge is 0.249 e. The second kappa shape index (κ2) is 7.29. The topological polar surface area (TPSA) is 58.4 Å². The molecule has 2 aromatic rings. The number of rotatable bonds is 6. The van der Waals surface area contributed by atoms with Crippen LogP contribution in [0.1, 0.15) is 25.3 Å². The number of anilines is 2. The number of carbonyl (C=O) groups is 1. The first-order valence-electron chi connectivity index (χ1n) is 7.91. The van der Waals surface area contributed by atoms with Gasteiger partial charge in [0.25, 0.3) is 0 Å². The van der Waals surface area contributed by atoms with Crippen LogP contribution >= 0.6 is 0 Å². The standard InChI is InChI=1S/C19H25N3O/c1-4-14-19(20,15-10-6-5-7-11-15)18(23)21-16-12-8-9-13-17(16)22(2)3/h5-13H,4,14,20H2,1-3H3,(H,21,23). The number of nitrogens with two attached hydrogens (primary N) is 1. The third-order valence-electron chi connectivity index (χ3n) is 3.97. The first-order valence-corrected chi connectivity index (χ1v) is 7.91. The van der Waals surface area contributed by atoms with Gasteiger partial charge in [-0.15, -0.1) is 0 Å². The second-order valence-electron chi connectivity index (χ2n) is 5.95. The lowest BCUT2D eigenvalue weighted by Crippen LogP contribution is -2.48. The van der Waals surface area contributed by atoms with E-state index in [0.29, 0.717) is 6.42 Å². The van der Waals surface area contributed by atoms with Gasteiger partial charge in [-0.3, -0.25) is 4.79 Å². The molecule has 122 valence electrons. The molecule has 0 aromatic heterocycles. The van der Waals surface area contributed by atoms with E-state index in [-0.39, 0.29) is 5.91 Å². The van der Waals surface area contributed by atoms with Gasteiger partial charge in [-0.1, -0.05) is 55.8 Å². The lowest BCUT2D eigenvalue weighted by atomic mass is 9.85. The van der Waals surface area contributed by atoms with E-state index in [4.69, 9.17) is 5.73 Å². The highest BCUT2D eigenvalue weighted by molar-refractivity contribution is 6.00. The summed E-state index contributed by atoms with van der Waals surface area (Å²) >= 11 is 0. The van der Waals surface area contributed by atoms with Gasteiger partial charge in [0.1, 0.15) is 5.54 Å². The molecule has 0 radical (unpaired) electrons. The van der Waals surface area contributed by atoms with Crippen LogP contribution in [0.15, 0.2) is 54.6 Å². The summed E-state index contributed by atoms with van der Waals surface area (Å²) in [5.74, 6) is -0.181. The highest BCUT2D eigenvalue weighted by Gasteiger charge is 2.35. The highest BCUT2D eigenvalue weighted by atomic mass is 16.2. The van der Waals surface area contributed by atoms with E-state index in [9.17, 15) is 4.79 Å². The van der Waals surface area contributed by atoms with Crippen molar-refractivity contribution in [1.82, 2.24) is 0 Å². The molecule has 0 aliphatic rings.